The zero-order chi connectivity index (χ0) is 17.6. The first-order chi connectivity index (χ1) is 12.2. The van der Waals surface area contributed by atoms with E-state index in [9.17, 15) is 4.79 Å². The highest BCUT2D eigenvalue weighted by Crippen LogP contribution is 2.30. The Morgan fingerprint density at radius 1 is 1.32 bits per heavy atom. The van der Waals surface area contributed by atoms with Crippen molar-refractivity contribution in [3.05, 3.63) is 29.1 Å². The number of hydrogen-bond donors (Lipinski definition) is 0. The first kappa shape index (κ1) is 17.7. The molecule has 25 heavy (non-hydrogen) atoms. The molecule has 0 radical (unpaired) electrons. The summed E-state index contributed by atoms with van der Waals surface area (Å²) in [6.07, 6.45) is 2.02. The van der Waals surface area contributed by atoms with Crippen molar-refractivity contribution < 1.29 is 18.7 Å². The first-order valence-corrected chi connectivity index (χ1v) is 8.70. The van der Waals surface area contributed by atoms with Gasteiger partial charge >= 0.3 is 11.8 Å². The Kier molecular flexibility index (Phi) is 5.88. The highest BCUT2D eigenvalue weighted by Gasteiger charge is 2.24. The van der Waals surface area contributed by atoms with Gasteiger partial charge in [-0.2, -0.15) is 0 Å². The van der Waals surface area contributed by atoms with E-state index in [-0.39, 0.29) is 17.7 Å². The molecule has 0 atom stereocenters. The quantitative estimate of drug-likeness (QED) is 0.732. The Bertz CT molecular complexity index is 728. The summed E-state index contributed by atoms with van der Waals surface area (Å²) in [7, 11) is 0. The van der Waals surface area contributed by atoms with Gasteiger partial charge in [0.05, 0.1) is 24.8 Å². The van der Waals surface area contributed by atoms with Crippen LogP contribution >= 0.6 is 11.6 Å². The SMILES string of the molecule is CCCCOc1ccc(-c2nnc(C(=O)N3CCOCC3)o2)cc1Cl. The Morgan fingerprint density at radius 2 is 2.12 bits per heavy atom. The first-order valence-electron chi connectivity index (χ1n) is 8.32. The molecule has 2 heterocycles. The molecule has 0 spiro atoms. The molecule has 134 valence electrons. The zero-order valence-corrected chi connectivity index (χ0v) is 14.8. The number of unbranched alkanes of at least 4 members (excludes halogenated alkanes) is 1. The molecule has 1 aromatic heterocycles. The number of benzene rings is 1. The van der Waals surface area contributed by atoms with Gasteiger partial charge < -0.3 is 18.8 Å². The monoisotopic (exact) mass is 365 g/mol. The van der Waals surface area contributed by atoms with Gasteiger partial charge in [0.15, 0.2) is 0 Å². The fraction of sp³-hybridized carbons (Fsp3) is 0.471. The summed E-state index contributed by atoms with van der Waals surface area (Å²) >= 11 is 6.25. The van der Waals surface area contributed by atoms with Crippen LogP contribution in [-0.2, 0) is 4.74 Å². The summed E-state index contributed by atoms with van der Waals surface area (Å²) in [5, 5.41) is 8.28. The second kappa shape index (κ2) is 8.31. The number of amides is 1. The van der Waals surface area contributed by atoms with E-state index >= 15 is 0 Å². The highest BCUT2D eigenvalue weighted by molar-refractivity contribution is 6.32. The predicted molar refractivity (Wildman–Crippen MR) is 91.9 cm³/mol. The molecule has 7 nitrogen and oxygen atoms in total. The summed E-state index contributed by atoms with van der Waals surface area (Å²) < 4.78 is 16.4. The Hall–Kier alpha value is -2.12. The van der Waals surface area contributed by atoms with Crippen LogP contribution in [0, 0.1) is 0 Å². The molecular weight excluding hydrogens is 346 g/mol. The number of carbonyl (C=O) groups excluding carboxylic acids is 1. The van der Waals surface area contributed by atoms with E-state index in [1.54, 1.807) is 23.1 Å². The van der Waals surface area contributed by atoms with E-state index in [0.29, 0.717) is 49.2 Å². The molecule has 0 bridgehead atoms. The number of carbonyl (C=O) groups is 1. The third kappa shape index (κ3) is 4.29. The van der Waals surface area contributed by atoms with Gasteiger partial charge in [-0.1, -0.05) is 24.9 Å². The van der Waals surface area contributed by atoms with Gasteiger partial charge in [-0.05, 0) is 24.6 Å². The molecule has 2 aromatic rings. The normalized spacial score (nSPS) is 14.6. The van der Waals surface area contributed by atoms with Crippen molar-refractivity contribution in [1.82, 2.24) is 15.1 Å². The van der Waals surface area contributed by atoms with Gasteiger partial charge in [-0.25, -0.2) is 0 Å². The van der Waals surface area contributed by atoms with E-state index < -0.39 is 0 Å². The van der Waals surface area contributed by atoms with Crippen molar-refractivity contribution in [3.8, 4) is 17.2 Å². The Morgan fingerprint density at radius 3 is 2.84 bits per heavy atom. The Balaban J connectivity index is 1.71. The number of hydrogen-bond acceptors (Lipinski definition) is 6. The third-order valence-corrected chi connectivity index (χ3v) is 4.14. The molecule has 1 fully saturated rings. The van der Waals surface area contributed by atoms with Crippen molar-refractivity contribution in [2.45, 2.75) is 19.8 Å². The van der Waals surface area contributed by atoms with Crippen LogP contribution in [0.4, 0.5) is 0 Å². The van der Waals surface area contributed by atoms with Gasteiger partial charge in [-0.3, -0.25) is 4.79 Å². The lowest BCUT2D eigenvalue weighted by atomic mass is 10.2. The maximum atomic E-state index is 12.3. The average molecular weight is 366 g/mol. The molecular formula is C17H20ClN3O4. The molecule has 8 heteroatoms. The molecule has 1 saturated heterocycles. The minimum absolute atomic E-state index is 0.0312. The Labute approximate surface area is 150 Å². The number of ether oxygens (including phenoxy) is 2. The van der Waals surface area contributed by atoms with Crippen molar-refractivity contribution >= 4 is 17.5 Å². The van der Waals surface area contributed by atoms with Gasteiger partial charge in [0, 0.05) is 18.7 Å². The molecule has 0 saturated carbocycles. The van der Waals surface area contributed by atoms with E-state index in [1.165, 1.54) is 0 Å². The molecule has 1 aliphatic heterocycles. The summed E-state index contributed by atoms with van der Waals surface area (Å²) in [5.74, 6) is 0.547. The summed E-state index contributed by atoms with van der Waals surface area (Å²) in [4.78, 5) is 14.0. The minimum Gasteiger partial charge on any atom is -0.492 e. The fourth-order valence-electron chi connectivity index (χ4n) is 2.41. The smallest absolute Gasteiger partial charge is 0.311 e. The molecule has 1 amide bonds. The van der Waals surface area contributed by atoms with Crippen LogP contribution in [0.1, 0.15) is 30.5 Å². The lowest BCUT2D eigenvalue weighted by Crippen LogP contribution is -2.40. The molecule has 0 unspecified atom stereocenters. The van der Waals surface area contributed by atoms with Crippen molar-refractivity contribution in [1.29, 1.82) is 0 Å². The lowest BCUT2D eigenvalue weighted by Gasteiger charge is -2.25. The van der Waals surface area contributed by atoms with Gasteiger partial charge in [0.2, 0.25) is 5.89 Å². The van der Waals surface area contributed by atoms with Crippen LogP contribution in [0.3, 0.4) is 0 Å². The van der Waals surface area contributed by atoms with Crippen LogP contribution in [0.2, 0.25) is 5.02 Å². The average Bonchev–Trinajstić information content (AvgIpc) is 3.13. The summed E-state index contributed by atoms with van der Waals surface area (Å²) in [5.41, 5.74) is 0.640. The molecule has 1 aliphatic rings. The second-order valence-corrected chi connectivity index (χ2v) is 6.07. The van der Waals surface area contributed by atoms with Crippen LogP contribution in [-0.4, -0.2) is 53.9 Å². The molecule has 0 aliphatic carbocycles. The number of rotatable bonds is 6. The minimum atomic E-state index is -0.285. The summed E-state index contributed by atoms with van der Waals surface area (Å²) in [6.45, 7) is 4.79. The predicted octanol–water partition coefficient (Wildman–Crippen LogP) is 3.04. The standard InChI is InChI=1S/C17H20ClN3O4/c1-2-3-8-24-14-5-4-12(11-13(14)18)15-19-20-16(25-15)17(22)21-6-9-23-10-7-21/h4-5,11H,2-3,6-10H2,1H3. The third-order valence-electron chi connectivity index (χ3n) is 3.84. The number of nitrogens with zero attached hydrogens (tertiary/aromatic N) is 3. The molecule has 0 N–H and O–H groups in total. The van der Waals surface area contributed by atoms with Gasteiger partial charge in [-0.15, -0.1) is 10.2 Å². The maximum Gasteiger partial charge on any atom is 0.311 e. The van der Waals surface area contributed by atoms with Crippen LogP contribution in [0.25, 0.3) is 11.5 Å². The fourth-order valence-corrected chi connectivity index (χ4v) is 2.64. The topological polar surface area (TPSA) is 77.7 Å². The van der Waals surface area contributed by atoms with E-state index in [2.05, 4.69) is 17.1 Å². The van der Waals surface area contributed by atoms with Crippen LogP contribution < -0.4 is 4.74 Å². The lowest BCUT2D eigenvalue weighted by molar-refractivity contribution is 0.0278. The van der Waals surface area contributed by atoms with E-state index in [0.717, 1.165) is 12.8 Å². The van der Waals surface area contributed by atoms with Gasteiger partial charge in [0.25, 0.3) is 0 Å². The zero-order valence-electron chi connectivity index (χ0n) is 14.0. The second-order valence-electron chi connectivity index (χ2n) is 5.66. The molecule has 1 aromatic carbocycles. The number of halogens is 1. The van der Waals surface area contributed by atoms with E-state index in [4.69, 9.17) is 25.5 Å². The van der Waals surface area contributed by atoms with E-state index in [1.807, 2.05) is 0 Å². The largest absolute Gasteiger partial charge is 0.492 e. The van der Waals surface area contributed by atoms with Gasteiger partial charge in [0.1, 0.15) is 5.75 Å². The van der Waals surface area contributed by atoms with Crippen molar-refractivity contribution in [2.75, 3.05) is 32.9 Å². The number of aromatic nitrogens is 2. The maximum absolute atomic E-state index is 12.3. The summed E-state index contributed by atoms with van der Waals surface area (Å²) in [6, 6.07) is 5.24. The highest BCUT2D eigenvalue weighted by atomic mass is 35.5. The molecule has 3 rings (SSSR count). The number of morpholine rings is 1. The van der Waals surface area contributed by atoms with Crippen molar-refractivity contribution in [3.63, 3.8) is 0 Å². The van der Waals surface area contributed by atoms with Crippen molar-refractivity contribution in [2.24, 2.45) is 0 Å². The van der Waals surface area contributed by atoms with Crippen LogP contribution in [0.15, 0.2) is 22.6 Å². The van der Waals surface area contributed by atoms with Crippen LogP contribution in [0.5, 0.6) is 5.75 Å².